The SMILES string of the molecule is COCC1(C(=O)NCC(c2ccc(OC)cc2)N2CCOCC2)CCNCC1. The molecule has 1 atom stereocenters. The Hall–Kier alpha value is -1.67. The number of ether oxygens (including phenoxy) is 3. The van der Waals surface area contributed by atoms with Gasteiger partial charge in [0.2, 0.25) is 5.91 Å². The zero-order valence-corrected chi connectivity index (χ0v) is 17.0. The normalized spacial score (nSPS) is 21.1. The summed E-state index contributed by atoms with van der Waals surface area (Å²) in [5.74, 6) is 0.935. The highest BCUT2D eigenvalue weighted by atomic mass is 16.5. The second-order valence-electron chi connectivity index (χ2n) is 7.61. The summed E-state index contributed by atoms with van der Waals surface area (Å²) in [4.78, 5) is 15.5. The summed E-state index contributed by atoms with van der Waals surface area (Å²) in [5, 5.41) is 6.58. The molecule has 1 aromatic carbocycles. The van der Waals surface area contributed by atoms with Gasteiger partial charge in [-0.05, 0) is 43.6 Å². The quantitative estimate of drug-likeness (QED) is 0.694. The van der Waals surface area contributed by atoms with Gasteiger partial charge in [0, 0.05) is 26.7 Å². The Labute approximate surface area is 167 Å². The lowest BCUT2D eigenvalue weighted by Crippen LogP contribution is -2.52. The Balaban J connectivity index is 1.71. The lowest BCUT2D eigenvalue weighted by atomic mass is 9.78. The molecule has 1 amide bonds. The Morgan fingerprint density at radius 1 is 1.21 bits per heavy atom. The molecule has 0 radical (unpaired) electrons. The topological polar surface area (TPSA) is 72.1 Å². The fraction of sp³-hybridized carbons (Fsp3) is 0.667. The first-order valence-electron chi connectivity index (χ1n) is 10.1. The zero-order chi connectivity index (χ0) is 19.8. The summed E-state index contributed by atoms with van der Waals surface area (Å²) >= 11 is 0. The van der Waals surface area contributed by atoms with Gasteiger partial charge in [0.25, 0.3) is 0 Å². The van der Waals surface area contributed by atoms with Gasteiger partial charge >= 0.3 is 0 Å². The number of amides is 1. The molecule has 2 aliphatic rings. The summed E-state index contributed by atoms with van der Waals surface area (Å²) < 4.78 is 16.2. The van der Waals surface area contributed by atoms with Gasteiger partial charge in [0.05, 0.1) is 38.4 Å². The van der Waals surface area contributed by atoms with Crippen LogP contribution in [0.15, 0.2) is 24.3 Å². The van der Waals surface area contributed by atoms with Gasteiger partial charge in [0.1, 0.15) is 5.75 Å². The number of piperidine rings is 1. The third-order valence-corrected chi connectivity index (χ3v) is 5.91. The van der Waals surface area contributed by atoms with Crippen LogP contribution in [0.2, 0.25) is 0 Å². The average molecular weight is 392 g/mol. The maximum absolute atomic E-state index is 13.1. The minimum Gasteiger partial charge on any atom is -0.497 e. The van der Waals surface area contributed by atoms with Crippen LogP contribution in [0.1, 0.15) is 24.4 Å². The maximum atomic E-state index is 13.1. The van der Waals surface area contributed by atoms with Crippen molar-refractivity contribution in [2.24, 2.45) is 5.41 Å². The molecule has 2 heterocycles. The molecule has 2 aliphatic heterocycles. The van der Waals surface area contributed by atoms with Crippen LogP contribution in [-0.2, 0) is 14.3 Å². The number of nitrogens with one attached hydrogen (secondary N) is 2. The van der Waals surface area contributed by atoms with E-state index < -0.39 is 5.41 Å². The monoisotopic (exact) mass is 391 g/mol. The van der Waals surface area contributed by atoms with Gasteiger partial charge in [-0.15, -0.1) is 0 Å². The fourth-order valence-corrected chi connectivity index (χ4v) is 4.17. The molecule has 3 rings (SSSR count). The van der Waals surface area contributed by atoms with E-state index in [0.29, 0.717) is 13.2 Å². The van der Waals surface area contributed by atoms with Crippen molar-refractivity contribution >= 4 is 5.91 Å². The van der Waals surface area contributed by atoms with Crippen LogP contribution in [0.5, 0.6) is 5.75 Å². The number of benzene rings is 1. The number of rotatable bonds is 8. The first kappa shape index (κ1) is 21.0. The number of carbonyl (C=O) groups is 1. The van der Waals surface area contributed by atoms with Crippen molar-refractivity contribution in [1.82, 2.24) is 15.5 Å². The number of methoxy groups -OCH3 is 2. The van der Waals surface area contributed by atoms with Crippen LogP contribution in [0.3, 0.4) is 0 Å². The molecule has 156 valence electrons. The number of morpholine rings is 1. The van der Waals surface area contributed by atoms with E-state index in [0.717, 1.165) is 58.0 Å². The first-order valence-corrected chi connectivity index (χ1v) is 10.1. The number of hydrogen-bond acceptors (Lipinski definition) is 6. The van der Waals surface area contributed by atoms with Gasteiger partial charge < -0.3 is 24.8 Å². The molecule has 2 N–H and O–H groups in total. The Morgan fingerprint density at radius 3 is 2.50 bits per heavy atom. The van der Waals surface area contributed by atoms with Gasteiger partial charge in [0.15, 0.2) is 0 Å². The molecule has 1 unspecified atom stereocenters. The van der Waals surface area contributed by atoms with E-state index in [1.54, 1.807) is 14.2 Å². The highest BCUT2D eigenvalue weighted by Crippen LogP contribution is 2.30. The second kappa shape index (κ2) is 10.2. The molecule has 0 saturated carbocycles. The first-order chi connectivity index (χ1) is 13.7. The van der Waals surface area contributed by atoms with Crippen molar-refractivity contribution in [2.45, 2.75) is 18.9 Å². The Bertz CT molecular complexity index is 605. The summed E-state index contributed by atoms with van der Waals surface area (Å²) in [6, 6.07) is 8.23. The molecular weight excluding hydrogens is 358 g/mol. The van der Waals surface area contributed by atoms with E-state index in [1.165, 1.54) is 5.56 Å². The molecule has 7 nitrogen and oxygen atoms in total. The Kier molecular flexibility index (Phi) is 7.67. The van der Waals surface area contributed by atoms with Gasteiger partial charge in [-0.25, -0.2) is 0 Å². The standard InChI is InChI=1S/C21H33N3O4/c1-26-16-21(7-9-22-10-8-21)20(25)23-15-19(24-11-13-28-14-12-24)17-3-5-18(27-2)6-4-17/h3-6,19,22H,7-16H2,1-2H3,(H,23,25). The zero-order valence-electron chi connectivity index (χ0n) is 17.0. The molecule has 2 saturated heterocycles. The van der Waals surface area contributed by atoms with Crippen LogP contribution in [0.25, 0.3) is 0 Å². The minimum absolute atomic E-state index is 0.0996. The van der Waals surface area contributed by atoms with E-state index in [4.69, 9.17) is 14.2 Å². The summed E-state index contributed by atoms with van der Waals surface area (Å²) in [7, 11) is 3.34. The van der Waals surface area contributed by atoms with Crippen molar-refractivity contribution in [1.29, 1.82) is 0 Å². The smallest absolute Gasteiger partial charge is 0.228 e. The van der Waals surface area contributed by atoms with E-state index in [1.807, 2.05) is 12.1 Å². The fourth-order valence-electron chi connectivity index (χ4n) is 4.17. The predicted octanol–water partition coefficient (Wildman–Crippen LogP) is 1.20. The molecule has 0 bridgehead atoms. The summed E-state index contributed by atoms with van der Waals surface area (Å²) in [5.41, 5.74) is 0.740. The summed E-state index contributed by atoms with van der Waals surface area (Å²) in [6.45, 7) is 5.90. The van der Waals surface area contributed by atoms with E-state index in [-0.39, 0.29) is 11.9 Å². The van der Waals surface area contributed by atoms with E-state index in [9.17, 15) is 4.79 Å². The van der Waals surface area contributed by atoms with Crippen molar-refractivity contribution in [2.75, 3.05) is 66.8 Å². The highest BCUT2D eigenvalue weighted by molar-refractivity contribution is 5.83. The highest BCUT2D eigenvalue weighted by Gasteiger charge is 2.40. The minimum atomic E-state index is -0.435. The van der Waals surface area contributed by atoms with Crippen LogP contribution in [-0.4, -0.2) is 77.6 Å². The molecule has 7 heteroatoms. The van der Waals surface area contributed by atoms with Crippen LogP contribution in [0.4, 0.5) is 0 Å². The number of hydrogen-bond donors (Lipinski definition) is 2. The maximum Gasteiger partial charge on any atom is 0.228 e. The van der Waals surface area contributed by atoms with Crippen molar-refractivity contribution in [3.8, 4) is 5.75 Å². The number of nitrogens with zero attached hydrogens (tertiary/aromatic N) is 1. The molecule has 2 fully saturated rings. The summed E-state index contributed by atoms with van der Waals surface area (Å²) in [6.07, 6.45) is 1.61. The molecule has 0 aliphatic carbocycles. The van der Waals surface area contributed by atoms with Crippen molar-refractivity contribution in [3.63, 3.8) is 0 Å². The average Bonchev–Trinajstić information content (AvgIpc) is 2.76. The van der Waals surface area contributed by atoms with Gasteiger partial charge in [-0.3, -0.25) is 9.69 Å². The second-order valence-corrected chi connectivity index (χ2v) is 7.61. The molecular formula is C21H33N3O4. The molecule has 28 heavy (non-hydrogen) atoms. The largest absolute Gasteiger partial charge is 0.497 e. The van der Waals surface area contributed by atoms with Gasteiger partial charge in [-0.1, -0.05) is 12.1 Å². The third kappa shape index (κ3) is 5.03. The predicted molar refractivity (Wildman–Crippen MR) is 108 cm³/mol. The Morgan fingerprint density at radius 2 is 1.89 bits per heavy atom. The van der Waals surface area contributed by atoms with Crippen LogP contribution < -0.4 is 15.4 Å². The lowest BCUT2D eigenvalue weighted by Gasteiger charge is -2.38. The van der Waals surface area contributed by atoms with E-state index >= 15 is 0 Å². The van der Waals surface area contributed by atoms with Crippen LogP contribution >= 0.6 is 0 Å². The molecule has 0 aromatic heterocycles. The van der Waals surface area contributed by atoms with Crippen molar-refractivity contribution in [3.05, 3.63) is 29.8 Å². The third-order valence-electron chi connectivity index (χ3n) is 5.91. The number of carbonyl (C=O) groups excluding carboxylic acids is 1. The molecule has 1 aromatic rings. The van der Waals surface area contributed by atoms with Crippen molar-refractivity contribution < 1.29 is 19.0 Å². The lowest BCUT2D eigenvalue weighted by molar-refractivity contribution is -0.136. The van der Waals surface area contributed by atoms with E-state index in [2.05, 4.69) is 27.7 Å². The molecule has 0 spiro atoms. The van der Waals surface area contributed by atoms with Crippen LogP contribution in [0, 0.1) is 5.41 Å². The van der Waals surface area contributed by atoms with Gasteiger partial charge in [-0.2, -0.15) is 0 Å².